The Kier molecular flexibility index (Phi) is 4.14. The van der Waals surface area contributed by atoms with Gasteiger partial charge in [0.05, 0.1) is 17.2 Å². The second kappa shape index (κ2) is 6.29. The molecule has 7 heteroatoms. The summed E-state index contributed by atoms with van der Waals surface area (Å²) >= 11 is 1.50. The van der Waals surface area contributed by atoms with Crippen molar-refractivity contribution in [2.45, 2.75) is 38.8 Å². The lowest BCUT2D eigenvalue weighted by Gasteiger charge is -2.34. The molecule has 0 radical (unpaired) electrons. The Bertz CT molecular complexity index is 750. The number of carbonyl (C=O) groups is 1. The van der Waals surface area contributed by atoms with Gasteiger partial charge in [0.2, 0.25) is 0 Å². The number of rotatable bonds is 5. The third-order valence-electron chi connectivity index (χ3n) is 4.92. The molecule has 0 spiro atoms. The van der Waals surface area contributed by atoms with E-state index >= 15 is 0 Å². The first-order chi connectivity index (χ1) is 11.7. The number of thiophene rings is 1. The maximum atomic E-state index is 13.0. The molecule has 0 bridgehead atoms. The first-order valence-electron chi connectivity index (χ1n) is 8.45. The van der Waals surface area contributed by atoms with Crippen LogP contribution in [0.1, 0.15) is 45.5 Å². The van der Waals surface area contributed by atoms with E-state index in [9.17, 15) is 4.79 Å². The topological polar surface area (TPSA) is 60.3 Å². The highest BCUT2D eigenvalue weighted by atomic mass is 32.1. The van der Waals surface area contributed by atoms with Crippen molar-refractivity contribution < 1.29 is 9.53 Å². The Morgan fingerprint density at radius 2 is 2.29 bits per heavy atom. The molecule has 1 atom stereocenters. The second-order valence-electron chi connectivity index (χ2n) is 6.70. The zero-order valence-corrected chi connectivity index (χ0v) is 14.9. The molecule has 1 aliphatic carbocycles. The maximum Gasteiger partial charge on any atom is 0.264 e. The smallest absolute Gasteiger partial charge is 0.264 e. The van der Waals surface area contributed by atoms with E-state index in [0.29, 0.717) is 13.2 Å². The van der Waals surface area contributed by atoms with Gasteiger partial charge in [-0.3, -0.25) is 4.79 Å². The van der Waals surface area contributed by atoms with E-state index in [1.54, 1.807) is 7.11 Å². The Morgan fingerprint density at radius 1 is 1.46 bits per heavy atom. The molecule has 0 N–H and O–H groups in total. The predicted octanol–water partition coefficient (Wildman–Crippen LogP) is 2.44. The van der Waals surface area contributed by atoms with Crippen LogP contribution in [0.2, 0.25) is 0 Å². The molecular weight excluding hydrogens is 324 g/mol. The minimum atomic E-state index is -0.152. The van der Waals surface area contributed by atoms with Crippen molar-refractivity contribution in [3.05, 3.63) is 33.3 Å². The highest BCUT2D eigenvalue weighted by Crippen LogP contribution is 2.34. The predicted molar refractivity (Wildman–Crippen MR) is 91.2 cm³/mol. The number of fused-ring (bicyclic) bond motifs is 1. The molecule has 3 heterocycles. The van der Waals surface area contributed by atoms with E-state index in [4.69, 9.17) is 4.74 Å². The van der Waals surface area contributed by atoms with E-state index in [2.05, 4.69) is 10.3 Å². The van der Waals surface area contributed by atoms with Crippen LogP contribution in [0.4, 0.5) is 0 Å². The van der Waals surface area contributed by atoms with Crippen LogP contribution in [0.15, 0.2) is 11.4 Å². The molecule has 1 fully saturated rings. The van der Waals surface area contributed by atoms with Gasteiger partial charge in [0.1, 0.15) is 11.7 Å². The SMILES string of the molecule is COCC1c2nnn(CC3CC3)c2CCN1C(=O)c1sccc1C. The third kappa shape index (κ3) is 2.75. The number of aryl methyl sites for hydroxylation is 1. The molecule has 1 amide bonds. The minimum Gasteiger partial charge on any atom is -0.382 e. The molecule has 0 aromatic carbocycles. The van der Waals surface area contributed by atoms with Gasteiger partial charge in [-0.25, -0.2) is 4.68 Å². The fourth-order valence-electron chi connectivity index (χ4n) is 3.38. The molecule has 2 aliphatic rings. The van der Waals surface area contributed by atoms with Crippen LogP contribution in [0.3, 0.4) is 0 Å². The number of methoxy groups -OCH3 is 1. The van der Waals surface area contributed by atoms with Gasteiger partial charge in [-0.05, 0) is 42.7 Å². The number of carbonyl (C=O) groups excluding carboxylic acids is 1. The second-order valence-corrected chi connectivity index (χ2v) is 7.62. The van der Waals surface area contributed by atoms with Crippen LogP contribution in [-0.2, 0) is 17.7 Å². The van der Waals surface area contributed by atoms with E-state index in [0.717, 1.165) is 35.0 Å². The minimum absolute atomic E-state index is 0.0759. The lowest BCUT2D eigenvalue weighted by molar-refractivity contribution is 0.0494. The van der Waals surface area contributed by atoms with Gasteiger partial charge in [-0.1, -0.05) is 5.21 Å². The van der Waals surface area contributed by atoms with Gasteiger partial charge in [-0.15, -0.1) is 16.4 Å². The Hall–Kier alpha value is -1.73. The first-order valence-corrected chi connectivity index (χ1v) is 9.33. The van der Waals surface area contributed by atoms with E-state index in [-0.39, 0.29) is 11.9 Å². The van der Waals surface area contributed by atoms with E-state index < -0.39 is 0 Å². The average molecular weight is 346 g/mol. The van der Waals surface area contributed by atoms with Crippen LogP contribution in [-0.4, -0.2) is 46.1 Å². The Labute approximate surface area is 145 Å². The molecule has 1 aliphatic heterocycles. The van der Waals surface area contributed by atoms with Gasteiger partial charge in [0.25, 0.3) is 5.91 Å². The van der Waals surface area contributed by atoms with Crippen LogP contribution in [0.5, 0.6) is 0 Å². The number of ether oxygens (including phenoxy) is 1. The van der Waals surface area contributed by atoms with Gasteiger partial charge < -0.3 is 9.64 Å². The lowest BCUT2D eigenvalue weighted by atomic mass is 10.0. The van der Waals surface area contributed by atoms with Crippen molar-refractivity contribution in [3.63, 3.8) is 0 Å². The van der Waals surface area contributed by atoms with Crippen molar-refractivity contribution in [1.82, 2.24) is 19.9 Å². The van der Waals surface area contributed by atoms with Gasteiger partial charge >= 0.3 is 0 Å². The van der Waals surface area contributed by atoms with Crippen molar-refractivity contribution in [2.75, 3.05) is 20.3 Å². The summed E-state index contributed by atoms with van der Waals surface area (Å²) in [5, 5.41) is 10.7. The standard InChI is InChI=1S/C17H22N4O2S/c1-11-6-8-24-16(11)17(22)20-7-5-13-15(14(20)10-23-2)18-19-21(13)9-12-3-4-12/h6,8,12,14H,3-5,7,9-10H2,1-2H3. The van der Waals surface area contributed by atoms with Crippen LogP contribution in [0, 0.1) is 12.8 Å². The number of hydrogen-bond acceptors (Lipinski definition) is 5. The average Bonchev–Trinajstić information content (AvgIpc) is 3.14. The summed E-state index contributed by atoms with van der Waals surface area (Å²) in [7, 11) is 1.67. The molecular formula is C17H22N4O2S. The molecule has 6 nitrogen and oxygen atoms in total. The molecule has 24 heavy (non-hydrogen) atoms. The number of hydrogen-bond donors (Lipinski definition) is 0. The van der Waals surface area contributed by atoms with Crippen molar-refractivity contribution >= 4 is 17.2 Å². The summed E-state index contributed by atoms with van der Waals surface area (Å²) in [5.74, 6) is 0.831. The van der Waals surface area contributed by atoms with E-state index in [1.165, 1.54) is 29.9 Å². The number of aromatic nitrogens is 3. The summed E-state index contributed by atoms with van der Waals surface area (Å²) in [6.45, 7) is 4.08. The molecule has 2 aromatic heterocycles. The third-order valence-corrected chi connectivity index (χ3v) is 5.92. The molecule has 4 rings (SSSR count). The summed E-state index contributed by atoms with van der Waals surface area (Å²) in [6.07, 6.45) is 3.39. The van der Waals surface area contributed by atoms with Crippen molar-refractivity contribution in [3.8, 4) is 0 Å². The highest BCUT2D eigenvalue weighted by molar-refractivity contribution is 7.12. The molecule has 128 valence electrons. The van der Waals surface area contributed by atoms with Gasteiger partial charge in [0.15, 0.2) is 0 Å². The van der Waals surface area contributed by atoms with E-state index in [1.807, 2.05) is 28.0 Å². The summed E-state index contributed by atoms with van der Waals surface area (Å²) < 4.78 is 7.45. The monoisotopic (exact) mass is 346 g/mol. The van der Waals surface area contributed by atoms with Gasteiger partial charge in [-0.2, -0.15) is 0 Å². The normalized spacial score (nSPS) is 20.2. The van der Waals surface area contributed by atoms with Crippen LogP contribution < -0.4 is 0 Å². The molecule has 1 unspecified atom stereocenters. The van der Waals surface area contributed by atoms with Crippen molar-refractivity contribution in [1.29, 1.82) is 0 Å². The molecule has 0 saturated heterocycles. The summed E-state index contributed by atoms with van der Waals surface area (Å²) in [4.78, 5) is 15.7. The van der Waals surface area contributed by atoms with Gasteiger partial charge in [0, 0.05) is 26.6 Å². The highest BCUT2D eigenvalue weighted by Gasteiger charge is 2.36. The first kappa shape index (κ1) is 15.8. The molecule has 2 aromatic rings. The van der Waals surface area contributed by atoms with Crippen LogP contribution in [0.25, 0.3) is 0 Å². The largest absolute Gasteiger partial charge is 0.382 e. The quantitative estimate of drug-likeness (QED) is 0.834. The molecule has 1 saturated carbocycles. The van der Waals surface area contributed by atoms with Crippen molar-refractivity contribution in [2.24, 2.45) is 5.92 Å². The lowest BCUT2D eigenvalue weighted by Crippen LogP contribution is -2.42. The maximum absolute atomic E-state index is 13.0. The Morgan fingerprint density at radius 3 is 2.96 bits per heavy atom. The zero-order valence-electron chi connectivity index (χ0n) is 14.1. The summed E-state index contributed by atoms with van der Waals surface area (Å²) in [5.41, 5.74) is 3.12. The zero-order chi connectivity index (χ0) is 16.7. The number of nitrogens with zero attached hydrogens (tertiary/aromatic N) is 4. The van der Waals surface area contributed by atoms with Crippen LogP contribution >= 0.6 is 11.3 Å². The number of amides is 1. The fourth-order valence-corrected chi connectivity index (χ4v) is 4.26. The fraction of sp³-hybridized carbons (Fsp3) is 0.588. The summed E-state index contributed by atoms with van der Waals surface area (Å²) in [6, 6.07) is 1.84. The Balaban J connectivity index is 1.63.